The molecule has 0 spiro atoms. The summed E-state index contributed by atoms with van der Waals surface area (Å²) in [6, 6.07) is 8.20. The summed E-state index contributed by atoms with van der Waals surface area (Å²) in [5, 5.41) is 3.24. The Hall–Kier alpha value is -1.03. The summed E-state index contributed by atoms with van der Waals surface area (Å²) < 4.78 is 23.1. The van der Waals surface area contributed by atoms with Gasteiger partial charge in [0.15, 0.2) is 9.84 Å². The lowest BCUT2D eigenvalue weighted by molar-refractivity contribution is 0.593. The topological polar surface area (TPSA) is 46.2 Å². The largest absolute Gasteiger partial charge is 0.382 e. The summed E-state index contributed by atoms with van der Waals surface area (Å²) in [7, 11) is -2.93. The van der Waals surface area contributed by atoms with Gasteiger partial charge in [-0.3, -0.25) is 0 Å². The van der Waals surface area contributed by atoms with Crippen molar-refractivity contribution in [1.82, 2.24) is 0 Å². The van der Waals surface area contributed by atoms with Crippen LogP contribution in [0.3, 0.4) is 0 Å². The van der Waals surface area contributed by atoms with E-state index in [-0.39, 0.29) is 17.5 Å². The first-order valence-corrected chi connectivity index (χ1v) is 8.77. The average Bonchev–Trinajstić information content (AvgIpc) is 2.38. The van der Waals surface area contributed by atoms with Gasteiger partial charge < -0.3 is 5.32 Å². The minimum absolute atomic E-state index is 0.0700. The van der Waals surface area contributed by atoms with Crippen LogP contribution >= 0.6 is 0 Å². The summed E-state index contributed by atoms with van der Waals surface area (Å²) >= 11 is 0. The van der Waals surface area contributed by atoms with Gasteiger partial charge in [-0.1, -0.05) is 32.9 Å². The molecule has 0 fully saturated rings. The lowest BCUT2D eigenvalue weighted by Crippen LogP contribution is -2.26. The van der Waals surface area contributed by atoms with Crippen molar-refractivity contribution in [3.05, 3.63) is 29.8 Å². The van der Waals surface area contributed by atoms with Gasteiger partial charge >= 0.3 is 0 Å². The fourth-order valence-corrected chi connectivity index (χ4v) is 3.05. The third-order valence-corrected chi connectivity index (χ3v) is 5.34. The zero-order valence-corrected chi connectivity index (χ0v) is 13.1. The monoisotopic (exact) mass is 283 g/mol. The predicted molar refractivity (Wildman–Crippen MR) is 82.6 cm³/mol. The van der Waals surface area contributed by atoms with E-state index in [0.29, 0.717) is 5.92 Å². The molecule has 0 aromatic heterocycles. The Kier molecular flexibility index (Phi) is 5.85. The van der Waals surface area contributed by atoms with Gasteiger partial charge in [0.2, 0.25) is 0 Å². The van der Waals surface area contributed by atoms with Gasteiger partial charge in [0.05, 0.1) is 5.75 Å². The van der Waals surface area contributed by atoms with E-state index in [4.69, 9.17) is 0 Å². The molecule has 3 nitrogen and oxygen atoms in total. The molecule has 0 heterocycles. The molecule has 0 aliphatic heterocycles. The fourth-order valence-electron chi connectivity index (χ4n) is 1.97. The zero-order chi connectivity index (χ0) is 14.5. The van der Waals surface area contributed by atoms with E-state index >= 15 is 0 Å². The van der Waals surface area contributed by atoms with Crippen LogP contribution in [0.15, 0.2) is 24.3 Å². The molecule has 0 amide bonds. The van der Waals surface area contributed by atoms with Crippen molar-refractivity contribution in [2.45, 2.75) is 46.1 Å². The van der Waals surface area contributed by atoms with Gasteiger partial charge in [-0.15, -0.1) is 0 Å². The first-order chi connectivity index (χ1) is 8.88. The number of nitrogens with one attached hydrogen (secondary N) is 1. The number of rotatable bonds is 7. The zero-order valence-electron chi connectivity index (χ0n) is 12.3. The van der Waals surface area contributed by atoms with Crippen LogP contribution in [-0.4, -0.2) is 26.0 Å². The molecule has 1 aromatic rings. The van der Waals surface area contributed by atoms with Crippen molar-refractivity contribution in [3.63, 3.8) is 0 Å². The SMILES string of the molecule is CCC(C)c1ccc(NC(C)CS(=O)(=O)CC)cc1. The van der Waals surface area contributed by atoms with Crippen LogP contribution < -0.4 is 5.32 Å². The summed E-state index contributed by atoms with van der Waals surface area (Å²) in [4.78, 5) is 0. The smallest absolute Gasteiger partial charge is 0.152 e. The van der Waals surface area contributed by atoms with E-state index < -0.39 is 9.84 Å². The molecule has 108 valence electrons. The highest BCUT2D eigenvalue weighted by Gasteiger charge is 2.13. The van der Waals surface area contributed by atoms with Gasteiger partial charge in [-0.25, -0.2) is 8.42 Å². The van der Waals surface area contributed by atoms with E-state index in [1.165, 1.54) is 5.56 Å². The molecule has 1 aromatic carbocycles. The van der Waals surface area contributed by atoms with Crippen molar-refractivity contribution in [2.24, 2.45) is 0 Å². The molecule has 1 rings (SSSR count). The summed E-state index contributed by atoms with van der Waals surface area (Å²) in [6.45, 7) is 7.96. The molecule has 0 aliphatic rings. The Labute approximate surface area is 117 Å². The van der Waals surface area contributed by atoms with Crippen LogP contribution in [0.5, 0.6) is 0 Å². The first-order valence-electron chi connectivity index (χ1n) is 6.94. The highest BCUT2D eigenvalue weighted by Crippen LogP contribution is 2.20. The van der Waals surface area contributed by atoms with Crippen molar-refractivity contribution in [1.29, 1.82) is 0 Å². The Morgan fingerprint density at radius 3 is 2.16 bits per heavy atom. The number of hydrogen-bond acceptors (Lipinski definition) is 3. The molecular weight excluding hydrogens is 258 g/mol. The molecule has 1 N–H and O–H groups in total. The highest BCUT2D eigenvalue weighted by molar-refractivity contribution is 7.91. The molecule has 0 saturated heterocycles. The van der Waals surface area contributed by atoms with Crippen LogP contribution in [0.25, 0.3) is 0 Å². The Balaban J connectivity index is 2.63. The normalized spacial score (nSPS) is 14.9. The third-order valence-electron chi connectivity index (χ3n) is 3.45. The molecule has 2 atom stereocenters. The van der Waals surface area contributed by atoms with Crippen LogP contribution in [0, 0.1) is 0 Å². The maximum absolute atomic E-state index is 11.5. The maximum atomic E-state index is 11.5. The van der Waals surface area contributed by atoms with Crippen LogP contribution in [0.2, 0.25) is 0 Å². The predicted octanol–water partition coefficient (Wildman–Crippen LogP) is 3.44. The number of hydrogen-bond donors (Lipinski definition) is 1. The second-order valence-corrected chi connectivity index (χ2v) is 7.57. The Morgan fingerprint density at radius 2 is 1.68 bits per heavy atom. The number of sulfone groups is 1. The summed E-state index contributed by atoms with van der Waals surface area (Å²) in [5.41, 5.74) is 2.30. The summed E-state index contributed by atoms with van der Waals surface area (Å²) in [6.07, 6.45) is 1.12. The van der Waals surface area contributed by atoms with Gasteiger partial charge in [-0.2, -0.15) is 0 Å². The Bertz CT molecular complexity index is 479. The highest BCUT2D eigenvalue weighted by atomic mass is 32.2. The van der Waals surface area contributed by atoms with Gasteiger partial charge in [0, 0.05) is 17.5 Å². The third kappa shape index (κ3) is 5.23. The minimum Gasteiger partial charge on any atom is -0.382 e. The standard InChI is InChI=1S/C15H25NO2S/c1-5-12(3)14-7-9-15(10-8-14)16-13(4)11-19(17,18)6-2/h7-10,12-13,16H,5-6,11H2,1-4H3. The van der Waals surface area contributed by atoms with Crippen molar-refractivity contribution < 1.29 is 8.42 Å². The molecule has 0 bridgehead atoms. The van der Waals surface area contributed by atoms with E-state index in [2.05, 4.69) is 31.3 Å². The lowest BCUT2D eigenvalue weighted by Gasteiger charge is -2.16. The van der Waals surface area contributed by atoms with E-state index in [1.54, 1.807) is 6.92 Å². The second kappa shape index (κ2) is 6.94. The molecular formula is C15H25NO2S. The quantitative estimate of drug-likeness (QED) is 0.834. The summed E-state index contributed by atoms with van der Waals surface area (Å²) in [5.74, 6) is 0.940. The molecule has 19 heavy (non-hydrogen) atoms. The second-order valence-electron chi connectivity index (χ2n) is 5.18. The van der Waals surface area contributed by atoms with Crippen LogP contribution in [0.1, 0.15) is 45.6 Å². The van der Waals surface area contributed by atoms with E-state index in [0.717, 1.165) is 12.1 Å². The van der Waals surface area contributed by atoms with Gasteiger partial charge in [0.25, 0.3) is 0 Å². The average molecular weight is 283 g/mol. The molecule has 0 saturated carbocycles. The number of benzene rings is 1. The lowest BCUT2D eigenvalue weighted by atomic mass is 9.98. The first kappa shape index (κ1) is 16.0. The van der Waals surface area contributed by atoms with Crippen LogP contribution in [-0.2, 0) is 9.84 Å². The van der Waals surface area contributed by atoms with E-state index in [9.17, 15) is 8.42 Å². The maximum Gasteiger partial charge on any atom is 0.152 e. The van der Waals surface area contributed by atoms with Crippen molar-refractivity contribution in [2.75, 3.05) is 16.8 Å². The van der Waals surface area contributed by atoms with Crippen molar-refractivity contribution in [3.8, 4) is 0 Å². The minimum atomic E-state index is -2.93. The molecule has 0 radical (unpaired) electrons. The van der Waals surface area contributed by atoms with Crippen molar-refractivity contribution >= 4 is 15.5 Å². The molecule has 0 aliphatic carbocycles. The fraction of sp³-hybridized carbons (Fsp3) is 0.600. The van der Waals surface area contributed by atoms with Gasteiger partial charge in [-0.05, 0) is 37.0 Å². The van der Waals surface area contributed by atoms with Crippen LogP contribution in [0.4, 0.5) is 5.69 Å². The number of anilines is 1. The molecule has 2 unspecified atom stereocenters. The Morgan fingerprint density at radius 1 is 1.11 bits per heavy atom. The molecule has 4 heteroatoms. The van der Waals surface area contributed by atoms with E-state index in [1.807, 2.05) is 19.1 Å². The van der Waals surface area contributed by atoms with Gasteiger partial charge in [0.1, 0.15) is 0 Å².